The topological polar surface area (TPSA) is 113 Å². The van der Waals surface area contributed by atoms with Gasteiger partial charge in [0.05, 0.1) is 0 Å². The quantitative estimate of drug-likeness (QED) is 0.607. The van der Waals surface area contributed by atoms with Crippen molar-refractivity contribution in [3.63, 3.8) is 0 Å². The standard InChI is InChI=1S/C17H18N4O3/c18-17(24)19-14(11-12-7-3-1-4-8-12)16(23)21-20-15(22)13-9-5-2-6-10-13/h1-10,14H,11H2,(H,20,22)(H,21,23)(H3,18,19,24). The number of benzene rings is 2. The number of rotatable bonds is 5. The summed E-state index contributed by atoms with van der Waals surface area (Å²) in [6, 6.07) is 15.9. The second-order valence-corrected chi connectivity index (χ2v) is 5.06. The van der Waals surface area contributed by atoms with Crippen molar-refractivity contribution in [1.29, 1.82) is 0 Å². The second kappa shape index (κ2) is 8.33. The highest BCUT2D eigenvalue weighted by molar-refractivity contribution is 5.96. The van der Waals surface area contributed by atoms with Crippen LogP contribution in [0.25, 0.3) is 0 Å². The summed E-state index contributed by atoms with van der Waals surface area (Å²) in [4.78, 5) is 35.2. The summed E-state index contributed by atoms with van der Waals surface area (Å²) < 4.78 is 0. The van der Waals surface area contributed by atoms with E-state index >= 15 is 0 Å². The largest absolute Gasteiger partial charge is 0.352 e. The fourth-order valence-electron chi connectivity index (χ4n) is 2.10. The summed E-state index contributed by atoms with van der Waals surface area (Å²) in [5.41, 5.74) is 11.0. The number of nitrogens with one attached hydrogen (secondary N) is 3. The Hall–Kier alpha value is -3.35. The van der Waals surface area contributed by atoms with Crippen LogP contribution in [-0.2, 0) is 11.2 Å². The number of urea groups is 1. The van der Waals surface area contributed by atoms with Crippen molar-refractivity contribution in [2.45, 2.75) is 12.5 Å². The van der Waals surface area contributed by atoms with E-state index in [0.717, 1.165) is 5.56 Å². The summed E-state index contributed by atoms with van der Waals surface area (Å²) in [5, 5.41) is 2.37. The first-order valence-corrected chi connectivity index (χ1v) is 7.31. The molecule has 4 amide bonds. The van der Waals surface area contributed by atoms with Crippen LogP contribution in [0.15, 0.2) is 60.7 Å². The Kier molecular flexibility index (Phi) is 5.90. The Morgan fingerprint density at radius 1 is 0.875 bits per heavy atom. The van der Waals surface area contributed by atoms with E-state index in [1.807, 2.05) is 30.3 Å². The average Bonchev–Trinajstić information content (AvgIpc) is 2.60. The summed E-state index contributed by atoms with van der Waals surface area (Å²) in [6.45, 7) is 0. The van der Waals surface area contributed by atoms with Crippen molar-refractivity contribution in [2.75, 3.05) is 0 Å². The molecule has 0 spiro atoms. The summed E-state index contributed by atoms with van der Waals surface area (Å²) >= 11 is 0. The first-order valence-electron chi connectivity index (χ1n) is 7.31. The monoisotopic (exact) mass is 326 g/mol. The predicted molar refractivity (Wildman–Crippen MR) is 88.7 cm³/mol. The van der Waals surface area contributed by atoms with Crippen LogP contribution in [-0.4, -0.2) is 23.9 Å². The Morgan fingerprint density at radius 2 is 1.46 bits per heavy atom. The number of nitrogens with two attached hydrogens (primary N) is 1. The fraction of sp³-hybridized carbons (Fsp3) is 0.118. The molecule has 0 aliphatic rings. The van der Waals surface area contributed by atoms with Crippen molar-refractivity contribution < 1.29 is 14.4 Å². The molecule has 0 heterocycles. The molecular weight excluding hydrogens is 308 g/mol. The highest BCUT2D eigenvalue weighted by atomic mass is 16.2. The molecule has 0 aromatic heterocycles. The van der Waals surface area contributed by atoms with Crippen LogP contribution in [0, 0.1) is 0 Å². The van der Waals surface area contributed by atoms with Crippen molar-refractivity contribution in [2.24, 2.45) is 5.73 Å². The van der Waals surface area contributed by atoms with E-state index in [4.69, 9.17) is 5.73 Å². The van der Waals surface area contributed by atoms with Crippen LogP contribution < -0.4 is 21.9 Å². The van der Waals surface area contributed by atoms with Gasteiger partial charge in [-0.25, -0.2) is 4.79 Å². The highest BCUT2D eigenvalue weighted by Crippen LogP contribution is 2.03. The number of amides is 4. The first-order chi connectivity index (χ1) is 11.6. The molecule has 7 heteroatoms. The normalized spacial score (nSPS) is 11.2. The van der Waals surface area contributed by atoms with Crippen LogP contribution in [0.3, 0.4) is 0 Å². The van der Waals surface area contributed by atoms with Gasteiger partial charge in [0.1, 0.15) is 6.04 Å². The lowest BCUT2D eigenvalue weighted by Crippen LogP contribution is -2.54. The highest BCUT2D eigenvalue weighted by Gasteiger charge is 2.20. The van der Waals surface area contributed by atoms with E-state index < -0.39 is 23.9 Å². The van der Waals surface area contributed by atoms with Gasteiger partial charge in [-0.1, -0.05) is 48.5 Å². The van der Waals surface area contributed by atoms with E-state index in [-0.39, 0.29) is 6.42 Å². The van der Waals surface area contributed by atoms with Crippen LogP contribution in [0.1, 0.15) is 15.9 Å². The second-order valence-electron chi connectivity index (χ2n) is 5.06. The zero-order valence-electron chi connectivity index (χ0n) is 12.9. The van der Waals surface area contributed by atoms with Gasteiger partial charge in [-0.05, 0) is 17.7 Å². The fourth-order valence-corrected chi connectivity index (χ4v) is 2.10. The van der Waals surface area contributed by atoms with Gasteiger partial charge in [-0.3, -0.25) is 20.4 Å². The lowest BCUT2D eigenvalue weighted by molar-refractivity contribution is -0.123. The Morgan fingerprint density at radius 3 is 2.04 bits per heavy atom. The van der Waals surface area contributed by atoms with Gasteiger partial charge in [-0.2, -0.15) is 0 Å². The van der Waals surface area contributed by atoms with Crippen molar-refractivity contribution in [3.05, 3.63) is 71.8 Å². The van der Waals surface area contributed by atoms with Crippen LogP contribution >= 0.6 is 0 Å². The number of primary amides is 1. The van der Waals surface area contributed by atoms with Gasteiger partial charge >= 0.3 is 6.03 Å². The molecule has 124 valence electrons. The minimum atomic E-state index is -0.902. The molecule has 0 aliphatic heterocycles. The van der Waals surface area contributed by atoms with E-state index in [1.165, 1.54) is 0 Å². The third-order valence-corrected chi connectivity index (χ3v) is 3.25. The van der Waals surface area contributed by atoms with Gasteiger partial charge < -0.3 is 11.1 Å². The molecule has 0 fully saturated rings. The molecule has 0 radical (unpaired) electrons. The minimum absolute atomic E-state index is 0.247. The van der Waals surface area contributed by atoms with E-state index in [0.29, 0.717) is 5.56 Å². The van der Waals surface area contributed by atoms with Gasteiger partial charge in [-0.15, -0.1) is 0 Å². The lowest BCUT2D eigenvalue weighted by Gasteiger charge is -2.17. The zero-order chi connectivity index (χ0) is 17.4. The van der Waals surface area contributed by atoms with Gasteiger partial charge in [0.25, 0.3) is 11.8 Å². The van der Waals surface area contributed by atoms with Crippen LogP contribution in [0.2, 0.25) is 0 Å². The predicted octanol–water partition coefficient (Wildman–Crippen LogP) is 0.727. The first kappa shape index (κ1) is 17.0. The third kappa shape index (κ3) is 5.13. The Bertz CT molecular complexity index is 704. The molecule has 7 nitrogen and oxygen atoms in total. The van der Waals surface area contributed by atoms with Crippen molar-refractivity contribution in [3.8, 4) is 0 Å². The van der Waals surface area contributed by atoms with E-state index in [1.54, 1.807) is 30.3 Å². The SMILES string of the molecule is NC(=O)NC(Cc1ccccc1)C(=O)NNC(=O)c1ccccc1. The maximum atomic E-state index is 12.2. The molecule has 5 N–H and O–H groups in total. The van der Waals surface area contributed by atoms with Gasteiger partial charge in [0.15, 0.2) is 0 Å². The average molecular weight is 326 g/mol. The molecule has 0 saturated heterocycles. The van der Waals surface area contributed by atoms with Gasteiger partial charge in [0, 0.05) is 12.0 Å². The molecule has 0 aliphatic carbocycles. The summed E-state index contributed by atoms with van der Waals surface area (Å²) in [5.74, 6) is -1.02. The Labute approximate surface area is 139 Å². The maximum absolute atomic E-state index is 12.2. The molecule has 2 rings (SSSR count). The molecule has 24 heavy (non-hydrogen) atoms. The summed E-state index contributed by atoms with van der Waals surface area (Å²) in [7, 11) is 0. The number of hydrogen-bond acceptors (Lipinski definition) is 3. The lowest BCUT2D eigenvalue weighted by atomic mass is 10.1. The zero-order valence-corrected chi connectivity index (χ0v) is 12.9. The number of carbonyl (C=O) groups is 3. The smallest absolute Gasteiger partial charge is 0.312 e. The third-order valence-electron chi connectivity index (χ3n) is 3.25. The van der Waals surface area contributed by atoms with Crippen molar-refractivity contribution >= 4 is 17.8 Å². The van der Waals surface area contributed by atoms with Crippen LogP contribution in [0.5, 0.6) is 0 Å². The molecule has 1 atom stereocenters. The number of carbonyl (C=O) groups excluding carboxylic acids is 3. The number of hydrazine groups is 1. The molecule has 0 saturated carbocycles. The number of hydrogen-bond donors (Lipinski definition) is 4. The molecular formula is C17H18N4O3. The molecule has 0 bridgehead atoms. The Balaban J connectivity index is 1.97. The maximum Gasteiger partial charge on any atom is 0.312 e. The van der Waals surface area contributed by atoms with Crippen LogP contribution in [0.4, 0.5) is 4.79 Å². The minimum Gasteiger partial charge on any atom is -0.352 e. The van der Waals surface area contributed by atoms with E-state index in [9.17, 15) is 14.4 Å². The molecule has 1 unspecified atom stereocenters. The van der Waals surface area contributed by atoms with Gasteiger partial charge in [0.2, 0.25) is 0 Å². The molecule has 2 aromatic carbocycles. The summed E-state index contributed by atoms with van der Waals surface area (Å²) in [6.07, 6.45) is 0.247. The van der Waals surface area contributed by atoms with Crippen molar-refractivity contribution in [1.82, 2.24) is 16.2 Å². The van der Waals surface area contributed by atoms with E-state index in [2.05, 4.69) is 16.2 Å². The molecule has 2 aromatic rings.